The van der Waals surface area contributed by atoms with Crippen LogP contribution in [0.25, 0.3) is 0 Å². The largest absolute Gasteiger partial charge is 0.459 e. The molecule has 1 fully saturated rings. The van der Waals surface area contributed by atoms with E-state index in [1.54, 1.807) is 31.2 Å². The molecule has 0 radical (unpaired) electrons. The molecular weight excluding hydrogens is 318 g/mol. The molecule has 138 valence electrons. The number of benzene rings is 1. The van der Waals surface area contributed by atoms with Gasteiger partial charge in [0, 0.05) is 18.6 Å². The zero-order valence-electron chi connectivity index (χ0n) is 15.6. The highest BCUT2D eigenvalue weighted by molar-refractivity contribution is 6.01. The van der Waals surface area contributed by atoms with Crippen molar-refractivity contribution < 1.29 is 19.1 Å². The highest BCUT2D eigenvalue weighted by atomic mass is 16.6. The van der Waals surface area contributed by atoms with E-state index < -0.39 is 17.6 Å². The Morgan fingerprint density at radius 1 is 1.16 bits per heavy atom. The highest BCUT2D eigenvalue weighted by Gasteiger charge is 2.38. The third-order valence-corrected chi connectivity index (χ3v) is 5.08. The van der Waals surface area contributed by atoms with Crippen LogP contribution >= 0.6 is 0 Å². The Kier molecular flexibility index (Phi) is 6.73. The standard InChI is InChI=1S/C20H29NO4/c1-14(18(24-4)17(22)15-8-6-5-7-9-15)19(23)25-20(2,3)16-10-12-21-13-11-16/h5-9,14,16,18,21H,10-13H2,1-4H3. The summed E-state index contributed by atoms with van der Waals surface area (Å²) >= 11 is 0. The number of carbonyl (C=O) groups is 2. The van der Waals surface area contributed by atoms with Gasteiger partial charge in [-0.2, -0.15) is 0 Å². The topological polar surface area (TPSA) is 64.6 Å². The lowest BCUT2D eigenvalue weighted by Crippen LogP contribution is -2.45. The molecule has 5 nitrogen and oxygen atoms in total. The summed E-state index contributed by atoms with van der Waals surface area (Å²) in [5, 5.41) is 3.32. The van der Waals surface area contributed by atoms with E-state index in [9.17, 15) is 9.59 Å². The molecule has 1 saturated heterocycles. The van der Waals surface area contributed by atoms with Crippen LogP contribution < -0.4 is 5.32 Å². The smallest absolute Gasteiger partial charge is 0.312 e. The number of esters is 1. The predicted molar refractivity (Wildman–Crippen MR) is 96.5 cm³/mol. The monoisotopic (exact) mass is 347 g/mol. The Morgan fingerprint density at radius 3 is 2.32 bits per heavy atom. The van der Waals surface area contributed by atoms with Gasteiger partial charge < -0.3 is 14.8 Å². The third-order valence-electron chi connectivity index (χ3n) is 5.08. The average molecular weight is 347 g/mol. The van der Waals surface area contributed by atoms with Crippen LogP contribution in [-0.2, 0) is 14.3 Å². The summed E-state index contributed by atoms with van der Waals surface area (Å²) in [6.07, 6.45) is 1.11. The Hall–Kier alpha value is -1.72. The minimum absolute atomic E-state index is 0.202. The van der Waals surface area contributed by atoms with Crippen molar-refractivity contribution in [3.63, 3.8) is 0 Å². The quantitative estimate of drug-likeness (QED) is 0.607. The van der Waals surface area contributed by atoms with E-state index in [0.717, 1.165) is 25.9 Å². The van der Waals surface area contributed by atoms with Crippen molar-refractivity contribution in [3.05, 3.63) is 35.9 Å². The molecule has 0 aliphatic carbocycles. The van der Waals surface area contributed by atoms with Gasteiger partial charge in [-0.25, -0.2) is 0 Å². The van der Waals surface area contributed by atoms with Gasteiger partial charge in [0.25, 0.3) is 0 Å². The summed E-state index contributed by atoms with van der Waals surface area (Å²) in [5.74, 6) is -0.943. The molecule has 1 aromatic rings. The first kappa shape index (κ1) is 19.6. The first-order valence-corrected chi connectivity index (χ1v) is 8.92. The van der Waals surface area contributed by atoms with Gasteiger partial charge in [0.2, 0.25) is 0 Å². The molecule has 1 heterocycles. The molecule has 0 bridgehead atoms. The number of nitrogens with one attached hydrogen (secondary N) is 1. The summed E-state index contributed by atoms with van der Waals surface area (Å²) in [6.45, 7) is 7.47. The maximum atomic E-state index is 12.7. The molecule has 0 saturated carbocycles. The van der Waals surface area contributed by atoms with Gasteiger partial charge >= 0.3 is 5.97 Å². The number of methoxy groups -OCH3 is 1. The zero-order valence-corrected chi connectivity index (χ0v) is 15.6. The van der Waals surface area contributed by atoms with E-state index in [1.165, 1.54) is 7.11 Å². The van der Waals surface area contributed by atoms with Crippen molar-refractivity contribution in [1.29, 1.82) is 0 Å². The number of hydrogen-bond donors (Lipinski definition) is 1. The lowest BCUT2D eigenvalue weighted by molar-refractivity contribution is -0.170. The van der Waals surface area contributed by atoms with E-state index in [2.05, 4.69) is 5.32 Å². The van der Waals surface area contributed by atoms with Crippen molar-refractivity contribution >= 4 is 11.8 Å². The van der Waals surface area contributed by atoms with Crippen LogP contribution in [0, 0.1) is 11.8 Å². The van der Waals surface area contributed by atoms with Gasteiger partial charge in [-0.3, -0.25) is 9.59 Å². The van der Waals surface area contributed by atoms with Crippen LogP contribution in [0.3, 0.4) is 0 Å². The van der Waals surface area contributed by atoms with E-state index >= 15 is 0 Å². The van der Waals surface area contributed by atoms with Crippen molar-refractivity contribution in [1.82, 2.24) is 5.32 Å². The van der Waals surface area contributed by atoms with Crippen molar-refractivity contribution in [2.45, 2.75) is 45.3 Å². The second kappa shape index (κ2) is 8.59. The molecule has 0 amide bonds. The Labute approximate surface area is 150 Å². The normalized spacial score (nSPS) is 18.4. The van der Waals surface area contributed by atoms with Crippen LogP contribution in [0.4, 0.5) is 0 Å². The molecule has 2 rings (SSSR count). The second-order valence-electron chi connectivity index (χ2n) is 7.22. The molecule has 2 atom stereocenters. The second-order valence-corrected chi connectivity index (χ2v) is 7.22. The summed E-state index contributed by atoms with van der Waals surface area (Å²) in [7, 11) is 1.45. The van der Waals surface area contributed by atoms with Crippen LogP contribution in [0.15, 0.2) is 30.3 Å². The van der Waals surface area contributed by atoms with E-state index in [0.29, 0.717) is 11.5 Å². The van der Waals surface area contributed by atoms with E-state index in [1.807, 2.05) is 19.9 Å². The highest BCUT2D eigenvalue weighted by Crippen LogP contribution is 2.30. The Balaban J connectivity index is 2.05. The number of carbonyl (C=O) groups excluding carboxylic acids is 2. The van der Waals surface area contributed by atoms with E-state index in [4.69, 9.17) is 9.47 Å². The Morgan fingerprint density at radius 2 is 1.76 bits per heavy atom. The average Bonchev–Trinajstić information content (AvgIpc) is 2.63. The minimum Gasteiger partial charge on any atom is -0.459 e. The number of piperidine rings is 1. The van der Waals surface area contributed by atoms with Crippen LogP contribution in [0.1, 0.15) is 44.0 Å². The lowest BCUT2D eigenvalue weighted by atomic mass is 9.83. The summed E-state index contributed by atoms with van der Waals surface area (Å²) in [5.41, 5.74) is -0.0201. The van der Waals surface area contributed by atoms with Gasteiger partial charge in [-0.05, 0) is 46.7 Å². The third kappa shape index (κ3) is 4.89. The molecule has 1 aromatic carbocycles. The van der Waals surface area contributed by atoms with Crippen LogP contribution in [0.5, 0.6) is 0 Å². The molecule has 1 aliphatic heterocycles. The summed E-state index contributed by atoms with van der Waals surface area (Å²) in [6, 6.07) is 8.89. The number of ether oxygens (including phenoxy) is 2. The van der Waals surface area contributed by atoms with Gasteiger partial charge in [-0.15, -0.1) is 0 Å². The predicted octanol–water partition coefficient (Wildman–Crippen LogP) is 2.84. The van der Waals surface area contributed by atoms with Gasteiger partial charge in [0.1, 0.15) is 11.7 Å². The van der Waals surface area contributed by atoms with Gasteiger partial charge in [0.15, 0.2) is 5.78 Å². The van der Waals surface area contributed by atoms with Crippen LogP contribution in [0.2, 0.25) is 0 Å². The summed E-state index contributed by atoms with van der Waals surface area (Å²) in [4.78, 5) is 25.3. The Bertz CT molecular complexity index is 579. The first-order valence-electron chi connectivity index (χ1n) is 8.92. The molecule has 0 aromatic heterocycles. The summed E-state index contributed by atoms with van der Waals surface area (Å²) < 4.78 is 11.2. The SMILES string of the molecule is COC(C(=O)c1ccccc1)C(C)C(=O)OC(C)(C)C1CCNCC1. The van der Waals surface area contributed by atoms with Gasteiger partial charge in [-0.1, -0.05) is 30.3 Å². The molecular formula is C20H29NO4. The molecule has 5 heteroatoms. The molecule has 1 N–H and O–H groups in total. The number of Topliss-reactive ketones (excluding diaryl/α,β-unsaturated/α-hetero) is 1. The van der Waals surface area contributed by atoms with Gasteiger partial charge in [0.05, 0.1) is 5.92 Å². The fourth-order valence-electron chi connectivity index (χ4n) is 3.38. The van der Waals surface area contributed by atoms with Crippen molar-refractivity contribution in [2.75, 3.05) is 20.2 Å². The fourth-order valence-corrected chi connectivity index (χ4v) is 3.38. The number of ketones is 1. The van der Waals surface area contributed by atoms with Crippen molar-refractivity contribution in [2.24, 2.45) is 11.8 Å². The number of rotatable bonds is 7. The first-order chi connectivity index (χ1) is 11.9. The lowest BCUT2D eigenvalue weighted by Gasteiger charge is -2.37. The maximum Gasteiger partial charge on any atom is 0.312 e. The molecule has 1 aliphatic rings. The van der Waals surface area contributed by atoms with Crippen molar-refractivity contribution in [3.8, 4) is 0 Å². The maximum absolute atomic E-state index is 12.7. The molecule has 2 unspecified atom stereocenters. The minimum atomic E-state index is -0.848. The zero-order chi connectivity index (χ0) is 18.4. The van der Waals surface area contributed by atoms with Crippen LogP contribution in [-0.4, -0.2) is 43.7 Å². The van der Waals surface area contributed by atoms with E-state index in [-0.39, 0.29) is 11.8 Å². The fraction of sp³-hybridized carbons (Fsp3) is 0.600. The molecule has 0 spiro atoms. The molecule has 25 heavy (non-hydrogen) atoms. The number of hydrogen-bond acceptors (Lipinski definition) is 5.